The van der Waals surface area contributed by atoms with Crippen LogP contribution in [0.15, 0.2) is 29.3 Å². The van der Waals surface area contributed by atoms with E-state index in [1.807, 2.05) is 24.3 Å². The van der Waals surface area contributed by atoms with Gasteiger partial charge in [0.15, 0.2) is 5.96 Å². The van der Waals surface area contributed by atoms with E-state index < -0.39 is 0 Å². The first-order valence-corrected chi connectivity index (χ1v) is 10.9. The second-order valence-corrected chi connectivity index (χ2v) is 7.42. The van der Waals surface area contributed by atoms with Crippen molar-refractivity contribution < 1.29 is 14.3 Å². The Hall–Kier alpha value is -2.48. The van der Waals surface area contributed by atoms with Crippen molar-refractivity contribution in [3.8, 4) is 11.5 Å². The molecular weight excluding hydrogens is 382 g/mol. The average Bonchev–Trinajstić information content (AvgIpc) is 2.78. The van der Waals surface area contributed by atoms with E-state index in [1.54, 1.807) is 14.2 Å². The first-order chi connectivity index (χ1) is 14.6. The topological polar surface area (TPSA) is 87.2 Å². The standard InChI is InChI=1S/C22H37N5O3/c1-4-11-24-21(28)17-27-13-9-18(10-14-27)26-22(23-2)25-12-6-15-30-20-8-5-7-19(16-20)29-3/h5,7-8,16,18H,4,6,9-15,17H2,1-3H3,(H,24,28)(H2,23,25,26). The summed E-state index contributed by atoms with van der Waals surface area (Å²) in [6, 6.07) is 8.00. The number of carbonyl (C=O) groups is 1. The van der Waals surface area contributed by atoms with Crippen molar-refractivity contribution >= 4 is 11.9 Å². The van der Waals surface area contributed by atoms with Gasteiger partial charge in [-0.3, -0.25) is 14.7 Å². The molecular formula is C22H37N5O3. The molecule has 8 nitrogen and oxygen atoms in total. The van der Waals surface area contributed by atoms with Crippen molar-refractivity contribution in [1.82, 2.24) is 20.9 Å². The van der Waals surface area contributed by atoms with Gasteiger partial charge in [-0.05, 0) is 37.8 Å². The Bertz CT molecular complexity index is 660. The second-order valence-electron chi connectivity index (χ2n) is 7.42. The van der Waals surface area contributed by atoms with Crippen LogP contribution in [0.1, 0.15) is 32.6 Å². The third kappa shape index (κ3) is 8.90. The fourth-order valence-electron chi connectivity index (χ4n) is 3.31. The molecule has 1 aromatic carbocycles. The van der Waals surface area contributed by atoms with Gasteiger partial charge in [-0.1, -0.05) is 13.0 Å². The molecule has 1 amide bonds. The van der Waals surface area contributed by atoms with Crippen LogP contribution in [0, 0.1) is 0 Å². The summed E-state index contributed by atoms with van der Waals surface area (Å²) in [5, 5.41) is 9.78. The summed E-state index contributed by atoms with van der Waals surface area (Å²) < 4.78 is 11.0. The minimum Gasteiger partial charge on any atom is -0.497 e. The van der Waals surface area contributed by atoms with E-state index >= 15 is 0 Å². The van der Waals surface area contributed by atoms with Crippen LogP contribution in [0.25, 0.3) is 0 Å². The van der Waals surface area contributed by atoms with E-state index in [9.17, 15) is 4.79 Å². The molecule has 0 atom stereocenters. The molecule has 8 heteroatoms. The number of nitrogens with zero attached hydrogens (tertiary/aromatic N) is 2. The van der Waals surface area contributed by atoms with Crippen molar-refractivity contribution in [3.05, 3.63) is 24.3 Å². The van der Waals surface area contributed by atoms with E-state index in [4.69, 9.17) is 9.47 Å². The molecule has 1 aliphatic heterocycles. The van der Waals surface area contributed by atoms with Gasteiger partial charge >= 0.3 is 0 Å². The fourth-order valence-corrected chi connectivity index (χ4v) is 3.31. The highest BCUT2D eigenvalue weighted by atomic mass is 16.5. The van der Waals surface area contributed by atoms with Gasteiger partial charge in [-0.25, -0.2) is 0 Å². The Morgan fingerprint density at radius 1 is 1.20 bits per heavy atom. The van der Waals surface area contributed by atoms with Gasteiger partial charge < -0.3 is 25.4 Å². The van der Waals surface area contributed by atoms with Gasteiger partial charge in [0.2, 0.25) is 5.91 Å². The maximum Gasteiger partial charge on any atom is 0.234 e. The number of aliphatic imine (C=N–C) groups is 1. The molecule has 0 saturated carbocycles. The zero-order valence-corrected chi connectivity index (χ0v) is 18.6. The van der Waals surface area contributed by atoms with Gasteiger partial charge in [0, 0.05) is 45.3 Å². The molecule has 1 saturated heterocycles. The summed E-state index contributed by atoms with van der Waals surface area (Å²) in [5.74, 6) is 2.54. The Kier molecular flexibility index (Phi) is 10.9. The molecule has 0 bridgehead atoms. The zero-order chi connectivity index (χ0) is 21.6. The van der Waals surface area contributed by atoms with Crippen LogP contribution < -0.4 is 25.4 Å². The van der Waals surface area contributed by atoms with Crippen LogP contribution in [0.3, 0.4) is 0 Å². The molecule has 2 rings (SSSR count). The van der Waals surface area contributed by atoms with Crippen LogP contribution in [0.2, 0.25) is 0 Å². The molecule has 0 spiro atoms. The minimum absolute atomic E-state index is 0.122. The molecule has 30 heavy (non-hydrogen) atoms. The lowest BCUT2D eigenvalue weighted by Crippen LogP contribution is -2.50. The molecule has 1 aliphatic rings. The van der Waals surface area contributed by atoms with E-state index in [2.05, 4.69) is 32.8 Å². The largest absolute Gasteiger partial charge is 0.497 e. The lowest BCUT2D eigenvalue weighted by molar-refractivity contribution is -0.122. The number of nitrogens with one attached hydrogen (secondary N) is 3. The van der Waals surface area contributed by atoms with Crippen LogP contribution >= 0.6 is 0 Å². The zero-order valence-electron chi connectivity index (χ0n) is 18.6. The summed E-state index contributed by atoms with van der Waals surface area (Å²) >= 11 is 0. The number of hydrogen-bond donors (Lipinski definition) is 3. The molecule has 0 radical (unpaired) electrons. The molecule has 1 fully saturated rings. The van der Waals surface area contributed by atoms with Gasteiger partial charge in [0.25, 0.3) is 0 Å². The first-order valence-electron chi connectivity index (χ1n) is 10.9. The van der Waals surface area contributed by atoms with Gasteiger partial charge in [-0.2, -0.15) is 0 Å². The molecule has 3 N–H and O–H groups in total. The number of methoxy groups -OCH3 is 1. The van der Waals surface area contributed by atoms with E-state index in [1.165, 1.54) is 0 Å². The Balaban J connectivity index is 1.59. The number of guanidine groups is 1. The van der Waals surface area contributed by atoms with Crippen molar-refractivity contribution in [2.45, 2.75) is 38.6 Å². The number of carbonyl (C=O) groups excluding carboxylic acids is 1. The highest BCUT2D eigenvalue weighted by molar-refractivity contribution is 5.80. The lowest BCUT2D eigenvalue weighted by Gasteiger charge is -2.32. The normalized spacial score (nSPS) is 15.5. The Morgan fingerprint density at radius 2 is 1.97 bits per heavy atom. The Morgan fingerprint density at radius 3 is 2.67 bits per heavy atom. The molecule has 0 unspecified atom stereocenters. The third-order valence-electron chi connectivity index (χ3n) is 5.01. The highest BCUT2D eigenvalue weighted by Crippen LogP contribution is 2.18. The SMILES string of the molecule is CCCNC(=O)CN1CCC(NC(=NC)NCCCOc2cccc(OC)c2)CC1. The van der Waals surface area contributed by atoms with E-state index in [0.29, 0.717) is 19.2 Å². The van der Waals surface area contributed by atoms with Gasteiger partial charge in [0.1, 0.15) is 11.5 Å². The lowest BCUT2D eigenvalue weighted by atomic mass is 10.1. The number of benzene rings is 1. The molecule has 168 valence electrons. The van der Waals surface area contributed by atoms with Crippen LogP contribution in [0.4, 0.5) is 0 Å². The van der Waals surface area contributed by atoms with Gasteiger partial charge in [0.05, 0.1) is 20.3 Å². The molecule has 0 aromatic heterocycles. The first kappa shape index (κ1) is 23.8. The van der Waals surface area contributed by atoms with E-state index in [0.717, 1.165) is 69.3 Å². The van der Waals surface area contributed by atoms with E-state index in [-0.39, 0.29) is 5.91 Å². The van der Waals surface area contributed by atoms with Crippen molar-refractivity contribution in [2.24, 2.45) is 4.99 Å². The van der Waals surface area contributed by atoms with Crippen molar-refractivity contribution in [3.63, 3.8) is 0 Å². The average molecular weight is 420 g/mol. The highest BCUT2D eigenvalue weighted by Gasteiger charge is 2.21. The summed E-state index contributed by atoms with van der Waals surface area (Å²) in [6.45, 7) is 6.55. The number of amides is 1. The van der Waals surface area contributed by atoms with Crippen LogP contribution in [0.5, 0.6) is 11.5 Å². The van der Waals surface area contributed by atoms with Crippen molar-refractivity contribution in [1.29, 1.82) is 0 Å². The smallest absolute Gasteiger partial charge is 0.234 e. The van der Waals surface area contributed by atoms with Crippen LogP contribution in [-0.4, -0.2) is 76.3 Å². The summed E-state index contributed by atoms with van der Waals surface area (Å²) in [7, 11) is 3.44. The van der Waals surface area contributed by atoms with Crippen molar-refractivity contribution in [2.75, 3.05) is 53.5 Å². The summed E-state index contributed by atoms with van der Waals surface area (Å²) in [4.78, 5) is 18.4. The maximum atomic E-state index is 11.9. The molecule has 1 aromatic rings. The maximum absolute atomic E-state index is 11.9. The summed E-state index contributed by atoms with van der Waals surface area (Å²) in [5.41, 5.74) is 0. The molecule has 1 heterocycles. The molecule has 0 aliphatic carbocycles. The van der Waals surface area contributed by atoms with Gasteiger partial charge in [-0.15, -0.1) is 0 Å². The third-order valence-corrected chi connectivity index (χ3v) is 5.01. The quantitative estimate of drug-likeness (QED) is 0.287. The predicted octanol–water partition coefficient (Wildman–Crippen LogP) is 1.62. The predicted molar refractivity (Wildman–Crippen MR) is 120 cm³/mol. The summed E-state index contributed by atoms with van der Waals surface area (Å²) in [6.07, 6.45) is 3.83. The Labute approximate surface area is 180 Å². The minimum atomic E-state index is 0.122. The number of likely N-dealkylation sites (tertiary alicyclic amines) is 1. The monoisotopic (exact) mass is 419 g/mol. The number of hydrogen-bond acceptors (Lipinski definition) is 5. The number of ether oxygens (including phenoxy) is 2. The van der Waals surface area contributed by atoms with Crippen LogP contribution in [-0.2, 0) is 4.79 Å². The second kappa shape index (κ2) is 13.7. The fraction of sp³-hybridized carbons (Fsp3) is 0.636. The number of rotatable bonds is 11. The number of piperidine rings is 1.